The number of carbonyl (C=O) groups is 2. The summed E-state index contributed by atoms with van der Waals surface area (Å²) in [6.07, 6.45) is 2.50. The molecule has 2 aromatic rings. The van der Waals surface area contributed by atoms with E-state index in [0.29, 0.717) is 24.2 Å². The minimum Gasteiger partial charge on any atom is -0.352 e. The summed E-state index contributed by atoms with van der Waals surface area (Å²) >= 11 is 0. The summed E-state index contributed by atoms with van der Waals surface area (Å²) in [6, 6.07) is 14.9. The quantitative estimate of drug-likeness (QED) is 0.793. The fraction of sp³-hybridized carbons (Fsp3) is 0.364. The molecule has 0 spiro atoms. The maximum Gasteiger partial charge on any atom is 0.251 e. The highest BCUT2D eigenvalue weighted by Crippen LogP contribution is 2.24. The number of rotatable bonds is 7. The predicted octanol–water partition coefficient (Wildman–Crippen LogP) is 2.93. The van der Waals surface area contributed by atoms with Crippen molar-refractivity contribution in [1.82, 2.24) is 15.5 Å². The SMILES string of the molecule is CCNC(=O)c1ccccc1-c1cccc(C(=O)NCCN2CCCC2)c1. The fourth-order valence-electron chi connectivity index (χ4n) is 3.45. The Hall–Kier alpha value is -2.66. The van der Waals surface area contributed by atoms with Crippen molar-refractivity contribution in [2.45, 2.75) is 19.8 Å². The lowest BCUT2D eigenvalue weighted by Crippen LogP contribution is -2.33. The Labute approximate surface area is 160 Å². The van der Waals surface area contributed by atoms with Gasteiger partial charge in [-0.2, -0.15) is 0 Å². The van der Waals surface area contributed by atoms with Crippen LogP contribution in [0.5, 0.6) is 0 Å². The molecule has 0 aliphatic carbocycles. The zero-order chi connectivity index (χ0) is 19.1. The molecule has 2 amide bonds. The Morgan fingerprint density at radius 1 is 0.963 bits per heavy atom. The zero-order valence-corrected chi connectivity index (χ0v) is 15.8. The second-order valence-corrected chi connectivity index (χ2v) is 6.79. The monoisotopic (exact) mass is 365 g/mol. The van der Waals surface area contributed by atoms with E-state index >= 15 is 0 Å². The average Bonchev–Trinajstić information content (AvgIpc) is 3.22. The number of nitrogens with zero attached hydrogens (tertiary/aromatic N) is 1. The highest BCUT2D eigenvalue weighted by molar-refractivity contribution is 6.02. The molecule has 2 N–H and O–H groups in total. The van der Waals surface area contributed by atoms with Gasteiger partial charge in [-0.3, -0.25) is 9.59 Å². The second kappa shape index (κ2) is 9.33. The summed E-state index contributed by atoms with van der Waals surface area (Å²) in [7, 11) is 0. The topological polar surface area (TPSA) is 61.4 Å². The van der Waals surface area contributed by atoms with Crippen LogP contribution < -0.4 is 10.6 Å². The van der Waals surface area contributed by atoms with Gasteiger partial charge in [-0.05, 0) is 62.2 Å². The molecule has 142 valence electrons. The van der Waals surface area contributed by atoms with Crippen LogP contribution in [-0.4, -0.2) is 49.4 Å². The molecule has 0 atom stereocenters. The van der Waals surface area contributed by atoms with E-state index in [1.165, 1.54) is 12.8 Å². The average molecular weight is 365 g/mol. The highest BCUT2D eigenvalue weighted by Gasteiger charge is 2.14. The van der Waals surface area contributed by atoms with Crippen molar-refractivity contribution in [3.05, 3.63) is 59.7 Å². The first-order chi connectivity index (χ1) is 13.2. The second-order valence-electron chi connectivity index (χ2n) is 6.79. The van der Waals surface area contributed by atoms with Gasteiger partial charge in [0.1, 0.15) is 0 Å². The van der Waals surface area contributed by atoms with Gasteiger partial charge in [0.05, 0.1) is 0 Å². The third-order valence-corrected chi connectivity index (χ3v) is 4.86. The molecule has 0 aromatic heterocycles. The van der Waals surface area contributed by atoms with Crippen LogP contribution in [0.4, 0.5) is 0 Å². The molecule has 0 unspecified atom stereocenters. The van der Waals surface area contributed by atoms with E-state index in [-0.39, 0.29) is 11.8 Å². The molecular formula is C22H27N3O2. The van der Waals surface area contributed by atoms with E-state index < -0.39 is 0 Å². The Bertz CT molecular complexity index is 798. The minimum atomic E-state index is -0.103. The number of benzene rings is 2. The van der Waals surface area contributed by atoms with Gasteiger partial charge in [0.2, 0.25) is 0 Å². The van der Waals surface area contributed by atoms with Crippen LogP contribution in [0.3, 0.4) is 0 Å². The molecule has 1 heterocycles. The van der Waals surface area contributed by atoms with Crippen molar-refractivity contribution in [2.24, 2.45) is 0 Å². The summed E-state index contributed by atoms with van der Waals surface area (Å²) in [6.45, 7) is 6.27. The molecule has 5 heteroatoms. The lowest BCUT2D eigenvalue weighted by molar-refractivity contribution is 0.0944. The zero-order valence-electron chi connectivity index (χ0n) is 15.8. The first-order valence-electron chi connectivity index (χ1n) is 9.67. The van der Waals surface area contributed by atoms with Gasteiger partial charge < -0.3 is 15.5 Å². The van der Waals surface area contributed by atoms with E-state index in [1.54, 1.807) is 0 Å². The van der Waals surface area contributed by atoms with Crippen LogP contribution in [-0.2, 0) is 0 Å². The summed E-state index contributed by atoms with van der Waals surface area (Å²) in [5.41, 5.74) is 2.92. The maximum absolute atomic E-state index is 12.5. The van der Waals surface area contributed by atoms with E-state index in [1.807, 2.05) is 55.5 Å². The van der Waals surface area contributed by atoms with Crippen LogP contribution in [0.2, 0.25) is 0 Å². The molecule has 5 nitrogen and oxygen atoms in total. The largest absolute Gasteiger partial charge is 0.352 e. The third kappa shape index (κ3) is 4.95. The van der Waals surface area contributed by atoms with Gasteiger partial charge in [0, 0.05) is 30.8 Å². The normalized spacial score (nSPS) is 14.1. The van der Waals surface area contributed by atoms with Crippen molar-refractivity contribution in [1.29, 1.82) is 0 Å². The molecule has 2 aromatic carbocycles. The number of likely N-dealkylation sites (tertiary alicyclic amines) is 1. The van der Waals surface area contributed by atoms with Crippen LogP contribution in [0, 0.1) is 0 Å². The van der Waals surface area contributed by atoms with Crippen molar-refractivity contribution in [3.8, 4) is 11.1 Å². The van der Waals surface area contributed by atoms with Crippen LogP contribution in [0.25, 0.3) is 11.1 Å². The van der Waals surface area contributed by atoms with Crippen molar-refractivity contribution >= 4 is 11.8 Å². The summed E-state index contributed by atoms with van der Waals surface area (Å²) in [5, 5.41) is 5.84. The van der Waals surface area contributed by atoms with E-state index in [9.17, 15) is 9.59 Å². The lowest BCUT2D eigenvalue weighted by Gasteiger charge is -2.15. The summed E-state index contributed by atoms with van der Waals surface area (Å²) in [5.74, 6) is -0.180. The summed E-state index contributed by atoms with van der Waals surface area (Å²) in [4.78, 5) is 27.2. The standard InChI is InChI=1S/C22H27N3O2/c1-2-23-22(27)20-11-4-3-10-19(20)17-8-7-9-18(16-17)21(26)24-12-15-25-13-5-6-14-25/h3-4,7-11,16H,2,5-6,12-15H2,1H3,(H,23,27)(H,24,26). The van der Waals surface area contributed by atoms with Gasteiger partial charge in [0.15, 0.2) is 0 Å². The van der Waals surface area contributed by atoms with Crippen LogP contribution in [0.1, 0.15) is 40.5 Å². The van der Waals surface area contributed by atoms with Gasteiger partial charge in [-0.25, -0.2) is 0 Å². The Morgan fingerprint density at radius 2 is 1.74 bits per heavy atom. The van der Waals surface area contributed by atoms with Gasteiger partial charge >= 0.3 is 0 Å². The number of amides is 2. The predicted molar refractivity (Wildman–Crippen MR) is 108 cm³/mol. The fourth-order valence-corrected chi connectivity index (χ4v) is 3.45. The smallest absolute Gasteiger partial charge is 0.251 e. The molecule has 1 aliphatic rings. The van der Waals surface area contributed by atoms with E-state index in [2.05, 4.69) is 15.5 Å². The summed E-state index contributed by atoms with van der Waals surface area (Å²) < 4.78 is 0. The molecule has 1 fully saturated rings. The first kappa shape index (κ1) is 19.1. The lowest BCUT2D eigenvalue weighted by atomic mass is 9.97. The molecule has 0 bridgehead atoms. The number of hydrogen-bond acceptors (Lipinski definition) is 3. The molecule has 1 aliphatic heterocycles. The number of carbonyl (C=O) groups excluding carboxylic acids is 2. The maximum atomic E-state index is 12.5. The Balaban J connectivity index is 1.72. The van der Waals surface area contributed by atoms with Gasteiger partial charge in [-0.15, -0.1) is 0 Å². The number of nitrogens with one attached hydrogen (secondary N) is 2. The number of hydrogen-bond donors (Lipinski definition) is 2. The molecule has 3 rings (SSSR count). The van der Waals surface area contributed by atoms with E-state index in [0.717, 1.165) is 30.8 Å². The molecule has 0 saturated carbocycles. The van der Waals surface area contributed by atoms with Crippen LogP contribution in [0.15, 0.2) is 48.5 Å². The van der Waals surface area contributed by atoms with Gasteiger partial charge in [0.25, 0.3) is 11.8 Å². The molecule has 0 radical (unpaired) electrons. The van der Waals surface area contributed by atoms with Crippen LogP contribution >= 0.6 is 0 Å². The molecule has 27 heavy (non-hydrogen) atoms. The first-order valence-corrected chi connectivity index (χ1v) is 9.67. The molecular weight excluding hydrogens is 338 g/mol. The van der Waals surface area contributed by atoms with E-state index in [4.69, 9.17) is 0 Å². The molecule has 1 saturated heterocycles. The van der Waals surface area contributed by atoms with Gasteiger partial charge in [-0.1, -0.05) is 30.3 Å². The minimum absolute atomic E-state index is 0.0773. The Morgan fingerprint density at radius 3 is 2.52 bits per heavy atom. The Kier molecular flexibility index (Phi) is 6.60. The van der Waals surface area contributed by atoms with Crippen molar-refractivity contribution in [2.75, 3.05) is 32.7 Å². The van der Waals surface area contributed by atoms with Crippen molar-refractivity contribution < 1.29 is 9.59 Å². The van der Waals surface area contributed by atoms with Crippen molar-refractivity contribution in [3.63, 3.8) is 0 Å². The third-order valence-electron chi connectivity index (χ3n) is 4.86. The highest BCUT2D eigenvalue weighted by atomic mass is 16.2.